The molecule has 0 amide bonds. The van der Waals surface area contributed by atoms with Crippen LogP contribution in [-0.2, 0) is 25.6 Å². The van der Waals surface area contributed by atoms with Crippen LogP contribution in [0.5, 0.6) is 17.2 Å². The molecule has 0 unspecified atom stereocenters. The Balaban J connectivity index is 1.75. The number of carboxylic acids is 1. The number of methoxy groups -OCH3 is 2. The lowest BCUT2D eigenvalue weighted by molar-refractivity contribution is -0.163. The van der Waals surface area contributed by atoms with Crippen molar-refractivity contribution in [2.45, 2.75) is 44.5 Å². The Morgan fingerprint density at radius 1 is 1.11 bits per heavy atom. The van der Waals surface area contributed by atoms with E-state index in [1.807, 2.05) is 0 Å². The normalized spacial score (nSPS) is 19.4. The Labute approximate surface area is 203 Å². The molecule has 9 heteroatoms. The number of halogens is 1. The van der Waals surface area contributed by atoms with Crippen molar-refractivity contribution in [1.82, 2.24) is 0 Å². The van der Waals surface area contributed by atoms with Gasteiger partial charge in [-0.2, -0.15) is 0 Å². The van der Waals surface area contributed by atoms with Crippen LogP contribution >= 0.6 is 0 Å². The Morgan fingerprint density at radius 2 is 1.89 bits per heavy atom. The summed E-state index contributed by atoms with van der Waals surface area (Å²) in [4.78, 5) is 12.1. The molecule has 35 heavy (non-hydrogen) atoms. The van der Waals surface area contributed by atoms with Gasteiger partial charge in [0.2, 0.25) is 5.60 Å². The van der Waals surface area contributed by atoms with Crippen LogP contribution in [0.25, 0.3) is 11.1 Å². The number of aliphatic carboxylic acids is 1. The van der Waals surface area contributed by atoms with Crippen LogP contribution in [0.3, 0.4) is 0 Å². The van der Waals surface area contributed by atoms with Crippen molar-refractivity contribution in [3.05, 3.63) is 41.2 Å². The smallest absolute Gasteiger partial charge is 0.348 e. The molecule has 2 aliphatic rings. The third kappa shape index (κ3) is 5.22. The van der Waals surface area contributed by atoms with Gasteiger partial charge in [-0.25, -0.2) is 9.18 Å². The topological polar surface area (TPSA) is 92.7 Å². The number of ether oxygens (including phenoxy) is 6. The predicted octanol–water partition coefficient (Wildman–Crippen LogP) is 4.14. The first kappa shape index (κ1) is 25.2. The highest BCUT2D eigenvalue weighted by molar-refractivity contribution is 5.78. The average molecular weight is 491 g/mol. The summed E-state index contributed by atoms with van der Waals surface area (Å²) in [5.41, 5.74) is 0.686. The van der Waals surface area contributed by atoms with E-state index < -0.39 is 17.4 Å². The number of carbonyl (C=O) groups is 1. The number of rotatable bonds is 9. The SMILES string of the molecule is COc1cc(-c2ccc(OC3(C(=O)O)CCOCC3)cc2CO[C@H]2CCOC2)c(F)c(OC)c1C. The summed E-state index contributed by atoms with van der Waals surface area (Å²) in [6, 6.07) is 6.70. The van der Waals surface area contributed by atoms with E-state index in [0.29, 0.717) is 54.6 Å². The summed E-state index contributed by atoms with van der Waals surface area (Å²) in [6.45, 7) is 3.62. The number of hydrogen-bond donors (Lipinski definition) is 1. The second kappa shape index (κ2) is 10.8. The summed E-state index contributed by atoms with van der Waals surface area (Å²) < 4.78 is 49.1. The van der Waals surface area contributed by atoms with Gasteiger partial charge in [-0.15, -0.1) is 0 Å². The van der Waals surface area contributed by atoms with Crippen LogP contribution in [0.4, 0.5) is 4.39 Å². The quantitative estimate of drug-likeness (QED) is 0.561. The Kier molecular flexibility index (Phi) is 7.78. The number of carboxylic acid groups (broad SMARTS) is 1. The molecule has 2 aromatic rings. The lowest BCUT2D eigenvalue weighted by atomic mass is 9.93. The van der Waals surface area contributed by atoms with E-state index in [1.165, 1.54) is 14.2 Å². The van der Waals surface area contributed by atoms with Crippen LogP contribution in [0.15, 0.2) is 24.3 Å². The molecule has 0 radical (unpaired) electrons. The molecule has 8 nitrogen and oxygen atoms in total. The van der Waals surface area contributed by atoms with Gasteiger partial charge in [-0.05, 0) is 42.7 Å². The molecule has 2 fully saturated rings. The maximum absolute atomic E-state index is 15.5. The van der Waals surface area contributed by atoms with Gasteiger partial charge in [0.15, 0.2) is 11.6 Å². The zero-order valence-corrected chi connectivity index (χ0v) is 20.2. The predicted molar refractivity (Wildman–Crippen MR) is 125 cm³/mol. The first-order chi connectivity index (χ1) is 16.9. The van der Waals surface area contributed by atoms with Crippen LogP contribution in [0.1, 0.15) is 30.4 Å². The molecule has 2 heterocycles. The van der Waals surface area contributed by atoms with E-state index in [2.05, 4.69) is 0 Å². The average Bonchev–Trinajstić information content (AvgIpc) is 3.38. The lowest BCUT2D eigenvalue weighted by Gasteiger charge is -2.33. The van der Waals surface area contributed by atoms with Crippen molar-refractivity contribution in [1.29, 1.82) is 0 Å². The van der Waals surface area contributed by atoms with E-state index >= 15 is 4.39 Å². The van der Waals surface area contributed by atoms with Crippen molar-refractivity contribution in [3.63, 3.8) is 0 Å². The van der Waals surface area contributed by atoms with E-state index in [0.717, 1.165) is 6.42 Å². The van der Waals surface area contributed by atoms with Crippen LogP contribution in [0, 0.1) is 12.7 Å². The molecular weight excluding hydrogens is 459 g/mol. The summed E-state index contributed by atoms with van der Waals surface area (Å²) in [7, 11) is 2.93. The zero-order chi connectivity index (χ0) is 25.0. The van der Waals surface area contributed by atoms with Crippen molar-refractivity contribution >= 4 is 5.97 Å². The molecule has 0 aromatic heterocycles. The Hall–Kier alpha value is -2.88. The lowest BCUT2D eigenvalue weighted by Crippen LogP contribution is -2.49. The maximum atomic E-state index is 15.5. The van der Waals surface area contributed by atoms with Crippen molar-refractivity contribution in [2.75, 3.05) is 40.6 Å². The first-order valence-corrected chi connectivity index (χ1v) is 11.6. The molecular formula is C26H31FO8. The van der Waals surface area contributed by atoms with Gasteiger partial charge >= 0.3 is 5.97 Å². The fraction of sp³-hybridized carbons (Fsp3) is 0.500. The van der Waals surface area contributed by atoms with Crippen LogP contribution in [-0.4, -0.2) is 63.4 Å². The van der Waals surface area contributed by atoms with Gasteiger partial charge in [0.05, 0.1) is 46.8 Å². The van der Waals surface area contributed by atoms with E-state index in [1.54, 1.807) is 31.2 Å². The van der Waals surface area contributed by atoms with Gasteiger partial charge in [0.1, 0.15) is 11.5 Å². The third-order valence-corrected chi connectivity index (χ3v) is 6.58. The van der Waals surface area contributed by atoms with Crippen LogP contribution < -0.4 is 14.2 Å². The Bertz CT molecular complexity index is 1060. The first-order valence-electron chi connectivity index (χ1n) is 11.6. The summed E-state index contributed by atoms with van der Waals surface area (Å²) >= 11 is 0. The van der Waals surface area contributed by atoms with Gasteiger partial charge in [-0.3, -0.25) is 0 Å². The standard InChI is InChI=1S/C26H31FO8/c1-16-22(30-2)13-21(23(27)24(16)31-3)20-5-4-18(12-17(20)14-34-19-6-9-33-15-19)35-26(25(28)29)7-10-32-11-8-26/h4-5,12-13,19H,6-11,14-15H2,1-3H3,(H,28,29)/t19-/m0/s1. The number of benzene rings is 2. The molecule has 190 valence electrons. The minimum atomic E-state index is -1.38. The summed E-state index contributed by atoms with van der Waals surface area (Å²) in [6.07, 6.45) is 1.17. The molecule has 0 bridgehead atoms. The fourth-order valence-electron chi connectivity index (χ4n) is 4.51. The molecule has 0 aliphatic carbocycles. The van der Waals surface area contributed by atoms with E-state index in [-0.39, 0.29) is 36.9 Å². The summed E-state index contributed by atoms with van der Waals surface area (Å²) in [5.74, 6) is -0.601. The number of hydrogen-bond acceptors (Lipinski definition) is 7. The Morgan fingerprint density at radius 3 is 2.51 bits per heavy atom. The molecule has 0 spiro atoms. The minimum Gasteiger partial charge on any atom is -0.496 e. The van der Waals surface area contributed by atoms with E-state index in [4.69, 9.17) is 28.4 Å². The maximum Gasteiger partial charge on any atom is 0.348 e. The van der Waals surface area contributed by atoms with Gasteiger partial charge in [-0.1, -0.05) is 6.07 Å². The highest BCUT2D eigenvalue weighted by Gasteiger charge is 2.43. The highest BCUT2D eigenvalue weighted by atomic mass is 19.1. The van der Waals surface area contributed by atoms with Gasteiger partial charge in [0.25, 0.3) is 0 Å². The fourth-order valence-corrected chi connectivity index (χ4v) is 4.51. The highest BCUT2D eigenvalue weighted by Crippen LogP contribution is 2.41. The molecule has 2 aliphatic heterocycles. The van der Waals surface area contributed by atoms with Crippen LogP contribution in [0.2, 0.25) is 0 Å². The monoisotopic (exact) mass is 490 g/mol. The zero-order valence-electron chi connectivity index (χ0n) is 20.2. The van der Waals surface area contributed by atoms with Gasteiger partial charge < -0.3 is 33.5 Å². The second-order valence-corrected chi connectivity index (χ2v) is 8.73. The summed E-state index contributed by atoms with van der Waals surface area (Å²) in [5, 5.41) is 9.88. The molecule has 1 N–H and O–H groups in total. The van der Waals surface area contributed by atoms with Gasteiger partial charge in [0, 0.05) is 30.6 Å². The minimum absolute atomic E-state index is 0.0692. The third-order valence-electron chi connectivity index (χ3n) is 6.58. The molecule has 1 atom stereocenters. The second-order valence-electron chi connectivity index (χ2n) is 8.73. The molecule has 0 saturated carbocycles. The van der Waals surface area contributed by atoms with E-state index in [9.17, 15) is 9.90 Å². The van der Waals surface area contributed by atoms with Crippen molar-refractivity contribution in [3.8, 4) is 28.4 Å². The van der Waals surface area contributed by atoms with Crippen molar-refractivity contribution < 1.29 is 42.7 Å². The van der Waals surface area contributed by atoms with Crippen molar-refractivity contribution in [2.24, 2.45) is 0 Å². The molecule has 2 saturated heterocycles. The largest absolute Gasteiger partial charge is 0.496 e. The molecule has 2 aromatic carbocycles. The molecule has 4 rings (SSSR count).